The van der Waals surface area contributed by atoms with Gasteiger partial charge >= 0.3 is 6.09 Å². The summed E-state index contributed by atoms with van der Waals surface area (Å²) < 4.78 is 5.54. The number of aliphatic hydroxyl groups is 1. The van der Waals surface area contributed by atoms with E-state index in [0.29, 0.717) is 13.0 Å². The number of hydrogen-bond acceptors (Lipinski definition) is 4. The SMILES string of the molecule is CC(C)(C)OC(=O)N1CC2CC(O)C1N2C(C)(C)c1ccccc1. The molecule has 5 nitrogen and oxygen atoms in total. The van der Waals surface area contributed by atoms with E-state index in [4.69, 9.17) is 4.74 Å². The molecule has 24 heavy (non-hydrogen) atoms. The normalized spacial score (nSPS) is 27.6. The average Bonchev–Trinajstić information content (AvgIpc) is 3.01. The van der Waals surface area contributed by atoms with Crippen LogP contribution in [0.4, 0.5) is 4.79 Å². The van der Waals surface area contributed by atoms with Crippen LogP contribution in [0.25, 0.3) is 0 Å². The van der Waals surface area contributed by atoms with Gasteiger partial charge in [-0.2, -0.15) is 0 Å². The second-order valence-corrected chi connectivity index (χ2v) is 8.34. The van der Waals surface area contributed by atoms with Crippen LogP contribution >= 0.6 is 0 Å². The first-order valence-corrected chi connectivity index (χ1v) is 8.63. The van der Waals surface area contributed by atoms with Gasteiger partial charge in [-0.25, -0.2) is 4.79 Å². The molecule has 1 aromatic rings. The van der Waals surface area contributed by atoms with Gasteiger partial charge in [-0.05, 0) is 46.6 Å². The number of ether oxygens (including phenoxy) is 1. The summed E-state index contributed by atoms with van der Waals surface area (Å²) in [6.07, 6.45) is -0.526. The molecule has 1 N–H and O–H groups in total. The molecule has 3 rings (SSSR count). The first-order valence-electron chi connectivity index (χ1n) is 8.63. The van der Waals surface area contributed by atoms with Crippen LogP contribution in [0.5, 0.6) is 0 Å². The Morgan fingerprint density at radius 3 is 2.38 bits per heavy atom. The number of likely N-dealkylation sites (tertiary alicyclic amines) is 1. The molecule has 3 atom stereocenters. The summed E-state index contributed by atoms with van der Waals surface area (Å²) >= 11 is 0. The summed E-state index contributed by atoms with van der Waals surface area (Å²) in [5.41, 5.74) is 0.370. The number of aliphatic hydroxyl groups excluding tert-OH is 1. The minimum atomic E-state index is -0.542. The molecule has 2 saturated heterocycles. The highest BCUT2D eigenvalue weighted by molar-refractivity contribution is 5.69. The van der Waals surface area contributed by atoms with Crippen LogP contribution < -0.4 is 0 Å². The van der Waals surface area contributed by atoms with Gasteiger partial charge in [-0.1, -0.05) is 30.3 Å². The third kappa shape index (κ3) is 2.91. The predicted molar refractivity (Wildman–Crippen MR) is 92.4 cm³/mol. The van der Waals surface area contributed by atoms with Gasteiger partial charge in [0.25, 0.3) is 0 Å². The van der Waals surface area contributed by atoms with E-state index in [0.717, 1.165) is 0 Å². The fourth-order valence-corrected chi connectivity index (χ4v) is 4.06. The average molecular weight is 332 g/mol. The molecule has 1 aromatic carbocycles. The van der Waals surface area contributed by atoms with Crippen LogP contribution in [0.1, 0.15) is 46.6 Å². The number of rotatable bonds is 2. The van der Waals surface area contributed by atoms with Crippen LogP contribution in [-0.2, 0) is 10.3 Å². The Hall–Kier alpha value is -1.59. The van der Waals surface area contributed by atoms with Gasteiger partial charge in [0.1, 0.15) is 11.8 Å². The van der Waals surface area contributed by atoms with Crippen molar-refractivity contribution < 1.29 is 14.6 Å². The number of hydrogen-bond donors (Lipinski definition) is 1. The van der Waals surface area contributed by atoms with E-state index in [9.17, 15) is 9.90 Å². The number of nitrogens with zero attached hydrogens (tertiary/aromatic N) is 2. The summed E-state index contributed by atoms with van der Waals surface area (Å²) in [7, 11) is 0. The predicted octanol–water partition coefficient (Wildman–Crippen LogP) is 2.93. The lowest BCUT2D eigenvalue weighted by Crippen LogP contribution is -2.52. The minimum Gasteiger partial charge on any atom is -0.444 e. The van der Waals surface area contributed by atoms with E-state index < -0.39 is 11.7 Å². The smallest absolute Gasteiger partial charge is 0.411 e. The van der Waals surface area contributed by atoms with Gasteiger partial charge in [0.15, 0.2) is 0 Å². The maximum atomic E-state index is 12.6. The van der Waals surface area contributed by atoms with E-state index >= 15 is 0 Å². The maximum absolute atomic E-state index is 12.6. The number of carbonyl (C=O) groups is 1. The Bertz CT molecular complexity index is 609. The van der Waals surface area contributed by atoms with Crippen LogP contribution in [0.3, 0.4) is 0 Å². The van der Waals surface area contributed by atoms with Gasteiger partial charge in [0.2, 0.25) is 0 Å². The van der Waals surface area contributed by atoms with Crippen molar-refractivity contribution in [3.8, 4) is 0 Å². The van der Waals surface area contributed by atoms with E-state index in [-0.39, 0.29) is 23.8 Å². The molecule has 2 heterocycles. The Morgan fingerprint density at radius 1 is 1.17 bits per heavy atom. The Kier molecular flexibility index (Phi) is 4.12. The zero-order valence-corrected chi connectivity index (χ0v) is 15.2. The second kappa shape index (κ2) is 5.74. The molecular formula is C19H28N2O3. The van der Waals surface area contributed by atoms with Crippen molar-refractivity contribution in [3.05, 3.63) is 35.9 Å². The summed E-state index contributed by atoms with van der Waals surface area (Å²) in [6, 6.07) is 10.4. The minimum absolute atomic E-state index is 0.146. The number of benzene rings is 1. The highest BCUT2D eigenvalue weighted by atomic mass is 16.6. The first kappa shape index (κ1) is 17.2. The molecule has 2 bridgehead atoms. The highest BCUT2D eigenvalue weighted by Gasteiger charge is 2.57. The zero-order valence-electron chi connectivity index (χ0n) is 15.2. The van der Waals surface area contributed by atoms with Crippen molar-refractivity contribution in [2.75, 3.05) is 6.54 Å². The Morgan fingerprint density at radius 2 is 1.79 bits per heavy atom. The summed E-state index contributed by atoms with van der Waals surface area (Å²) in [4.78, 5) is 16.5. The molecule has 2 aliphatic rings. The second-order valence-electron chi connectivity index (χ2n) is 8.34. The quantitative estimate of drug-likeness (QED) is 0.905. The number of carbonyl (C=O) groups excluding carboxylic acids is 1. The molecule has 0 radical (unpaired) electrons. The van der Waals surface area contributed by atoms with E-state index in [1.165, 1.54) is 5.56 Å². The van der Waals surface area contributed by atoms with Crippen molar-refractivity contribution >= 4 is 6.09 Å². The lowest BCUT2D eigenvalue weighted by Gasteiger charge is -2.40. The third-order valence-corrected chi connectivity index (χ3v) is 5.02. The third-order valence-electron chi connectivity index (χ3n) is 5.02. The van der Waals surface area contributed by atoms with Crippen LogP contribution in [-0.4, -0.2) is 51.5 Å². The standard InChI is InChI=1S/C19H28N2O3/c1-18(2,3)24-17(23)20-12-14-11-15(22)16(20)21(14)19(4,5)13-9-7-6-8-10-13/h6-10,14-16,22H,11-12H2,1-5H3. The van der Waals surface area contributed by atoms with Crippen molar-refractivity contribution in [2.24, 2.45) is 0 Å². The fraction of sp³-hybridized carbons (Fsp3) is 0.632. The molecule has 2 fully saturated rings. The topological polar surface area (TPSA) is 53.0 Å². The van der Waals surface area contributed by atoms with Gasteiger partial charge in [0, 0.05) is 18.1 Å². The monoisotopic (exact) mass is 332 g/mol. The van der Waals surface area contributed by atoms with Crippen LogP contribution in [0, 0.1) is 0 Å². The lowest BCUT2D eigenvalue weighted by molar-refractivity contribution is -0.0271. The van der Waals surface area contributed by atoms with E-state index in [2.05, 4.69) is 30.9 Å². The number of amides is 1. The fourth-order valence-electron chi connectivity index (χ4n) is 4.06. The maximum Gasteiger partial charge on any atom is 0.411 e. The largest absolute Gasteiger partial charge is 0.444 e. The molecule has 2 aliphatic heterocycles. The van der Waals surface area contributed by atoms with Crippen molar-refractivity contribution in [3.63, 3.8) is 0 Å². The Balaban J connectivity index is 1.87. The van der Waals surface area contributed by atoms with Gasteiger partial charge in [-0.15, -0.1) is 0 Å². The summed E-state index contributed by atoms with van der Waals surface area (Å²) in [5.74, 6) is 0. The number of piperidine rings is 1. The van der Waals surface area contributed by atoms with Crippen LogP contribution in [0.15, 0.2) is 30.3 Å². The van der Waals surface area contributed by atoms with Crippen molar-refractivity contribution in [1.82, 2.24) is 9.80 Å². The molecular weight excluding hydrogens is 304 g/mol. The summed E-state index contributed by atoms with van der Waals surface area (Å²) in [5, 5.41) is 10.5. The molecule has 0 spiro atoms. The highest BCUT2D eigenvalue weighted by Crippen LogP contribution is 2.44. The lowest BCUT2D eigenvalue weighted by atomic mass is 9.91. The Labute approximate surface area is 144 Å². The molecule has 5 heteroatoms. The van der Waals surface area contributed by atoms with E-state index in [1.807, 2.05) is 39.0 Å². The molecule has 0 aliphatic carbocycles. The molecule has 0 aromatic heterocycles. The van der Waals surface area contributed by atoms with E-state index in [1.54, 1.807) is 4.90 Å². The van der Waals surface area contributed by atoms with Gasteiger partial charge in [-0.3, -0.25) is 9.80 Å². The van der Waals surface area contributed by atoms with Gasteiger partial charge < -0.3 is 9.84 Å². The van der Waals surface area contributed by atoms with Crippen molar-refractivity contribution in [1.29, 1.82) is 0 Å². The van der Waals surface area contributed by atoms with Gasteiger partial charge in [0.05, 0.1) is 6.10 Å². The molecule has 3 unspecified atom stereocenters. The molecule has 132 valence electrons. The zero-order chi connectivity index (χ0) is 17.7. The number of fused-ring (bicyclic) bond motifs is 2. The van der Waals surface area contributed by atoms with Crippen LogP contribution in [0.2, 0.25) is 0 Å². The summed E-state index contributed by atoms with van der Waals surface area (Å²) in [6.45, 7) is 10.5. The first-order chi connectivity index (χ1) is 11.1. The molecule has 0 saturated carbocycles. The molecule has 1 amide bonds. The van der Waals surface area contributed by atoms with Crippen molar-refractivity contribution in [2.45, 2.75) is 70.5 Å².